The molecule has 8 rings (SSSR count). The Kier molecular flexibility index (Phi) is 7.44. The number of aromatic nitrogens is 2. The van der Waals surface area contributed by atoms with E-state index in [0.717, 1.165) is 29.0 Å². The first kappa shape index (κ1) is 30.2. The van der Waals surface area contributed by atoms with Crippen molar-refractivity contribution in [3.05, 3.63) is 127 Å². The first-order valence-electron chi connectivity index (χ1n) is 17.1. The fraction of sp³-hybridized carbons (Fsp3) is 0.0488. The Morgan fingerprint density at radius 3 is 1.52 bits per heavy atom. The fourth-order valence-electron chi connectivity index (χ4n) is 7.89. The predicted octanol–water partition coefficient (Wildman–Crippen LogP) is 2.19. The molecule has 0 atom stereocenters. The average molecular weight is 610 g/mol. The summed E-state index contributed by atoms with van der Waals surface area (Å²) in [7, 11) is 11.3. The van der Waals surface area contributed by atoms with E-state index < -0.39 is 0 Å². The summed E-state index contributed by atoms with van der Waals surface area (Å²) in [6.07, 6.45) is 0.872. The molecule has 0 amide bonds. The summed E-state index contributed by atoms with van der Waals surface area (Å²) < 4.78 is 2.30. The van der Waals surface area contributed by atoms with E-state index in [4.69, 9.17) is 4.98 Å². The van der Waals surface area contributed by atoms with Crippen LogP contribution in [0.3, 0.4) is 0 Å². The number of aryl methyl sites for hydroxylation is 1. The number of imidazole rings is 1. The van der Waals surface area contributed by atoms with Gasteiger partial charge in [0.05, 0.1) is 11.0 Å². The normalized spacial score (nSPS) is 11.5. The number of fused-ring (bicyclic) bond motifs is 3. The summed E-state index contributed by atoms with van der Waals surface area (Å²) in [6, 6.07) is 44.5. The lowest BCUT2D eigenvalue weighted by Crippen LogP contribution is -2.55. The van der Waals surface area contributed by atoms with Gasteiger partial charge >= 0.3 is 0 Å². The molecule has 0 radical (unpaired) electrons. The van der Waals surface area contributed by atoms with Crippen LogP contribution in [0.4, 0.5) is 0 Å². The van der Waals surface area contributed by atoms with Crippen LogP contribution in [-0.4, -0.2) is 48.8 Å². The average Bonchev–Trinajstić information content (AvgIpc) is 3.51. The first-order valence-corrected chi connectivity index (χ1v) is 17.1. The highest BCUT2D eigenvalue weighted by Gasteiger charge is 2.19. The van der Waals surface area contributed by atoms with Gasteiger partial charge in [0, 0.05) is 12.1 Å². The van der Waals surface area contributed by atoms with Gasteiger partial charge in [0.2, 0.25) is 0 Å². The minimum absolute atomic E-state index is 0.872. The van der Waals surface area contributed by atoms with E-state index in [-0.39, 0.29) is 0 Å². The van der Waals surface area contributed by atoms with Crippen molar-refractivity contribution in [3.8, 4) is 39.1 Å². The van der Waals surface area contributed by atoms with Gasteiger partial charge in [-0.25, -0.2) is 4.98 Å². The van der Waals surface area contributed by atoms with E-state index in [1.165, 1.54) is 82.2 Å². The number of benzene rings is 7. The van der Waals surface area contributed by atoms with E-state index >= 15 is 0 Å². The minimum Gasteiger partial charge on any atom is -0.296 e. The maximum absolute atomic E-state index is 4.92. The highest BCUT2D eigenvalue weighted by atomic mass is 15.1. The van der Waals surface area contributed by atoms with Gasteiger partial charge in [-0.15, -0.1) is 16.4 Å². The van der Waals surface area contributed by atoms with Gasteiger partial charge in [0.25, 0.3) is 0 Å². The van der Waals surface area contributed by atoms with Crippen LogP contribution < -0.4 is 27.3 Å². The van der Waals surface area contributed by atoms with E-state index in [1.54, 1.807) is 0 Å². The van der Waals surface area contributed by atoms with E-state index in [0.29, 0.717) is 0 Å². The van der Waals surface area contributed by atoms with Crippen molar-refractivity contribution in [1.29, 1.82) is 0 Å². The summed E-state index contributed by atoms with van der Waals surface area (Å²) in [4.78, 5) is 4.92. The monoisotopic (exact) mass is 610 g/mol. The summed E-state index contributed by atoms with van der Waals surface area (Å²) >= 11 is 0. The summed E-state index contributed by atoms with van der Waals surface area (Å²) in [6.45, 7) is 2.17. The molecule has 7 heteroatoms. The van der Waals surface area contributed by atoms with Crippen LogP contribution in [-0.2, 0) is 6.42 Å². The standard InChI is InChI=1S/C41H35B5N2/c1-2-33-47-31-16-7-8-17-32(31)48(33)26-20-18-23(19-21-26)34-27-12-3-5-14-29(27)35(30-15-6-4-13-28(30)34)24-10-9-11-25(22-24)36-37(42)39(44)41(46)40(45)38(36)43/h3-22H,2,42-46H2,1H3. The van der Waals surface area contributed by atoms with Gasteiger partial charge in [-0.3, -0.25) is 4.57 Å². The molecule has 1 heterocycles. The molecular weight excluding hydrogens is 575 g/mol. The number of para-hydroxylation sites is 2. The summed E-state index contributed by atoms with van der Waals surface area (Å²) in [5, 5.41) is 5.07. The van der Waals surface area contributed by atoms with Crippen molar-refractivity contribution in [1.82, 2.24) is 9.55 Å². The van der Waals surface area contributed by atoms with E-state index in [2.05, 4.69) is 172 Å². The second kappa shape index (κ2) is 11.8. The van der Waals surface area contributed by atoms with Gasteiger partial charge in [-0.1, -0.05) is 109 Å². The van der Waals surface area contributed by atoms with E-state index in [9.17, 15) is 0 Å². The van der Waals surface area contributed by atoms with Crippen molar-refractivity contribution in [2.75, 3.05) is 0 Å². The third-order valence-electron chi connectivity index (χ3n) is 10.7. The minimum atomic E-state index is 0.872. The molecule has 0 aliphatic rings. The Balaban J connectivity index is 1.33. The van der Waals surface area contributed by atoms with Crippen LogP contribution in [0, 0.1) is 0 Å². The Morgan fingerprint density at radius 1 is 0.479 bits per heavy atom. The molecule has 0 N–H and O–H groups in total. The van der Waals surface area contributed by atoms with Gasteiger partial charge in [0.1, 0.15) is 45.1 Å². The molecular formula is C41H35B5N2. The second-order valence-electron chi connectivity index (χ2n) is 13.2. The number of nitrogens with zero attached hydrogens (tertiary/aromatic N) is 2. The van der Waals surface area contributed by atoms with Crippen LogP contribution in [0.1, 0.15) is 12.7 Å². The van der Waals surface area contributed by atoms with Gasteiger partial charge in [-0.05, 0) is 85.3 Å². The maximum Gasteiger partial charge on any atom is 0.139 e. The van der Waals surface area contributed by atoms with Gasteiger partial charge in [-0.2, -0.15) is 0 Å². The predicted molar refractivity (Wildman–Crippen MR) is 223 cm³/mol. The molecule has 1 aromatic heterocycles. The van der Waals surface area contributed by atoms with Crippen molar-refractivity contribution < 1.29 is 0 Å². The quantitative estimate of drug-likeness (QED) is 0.216. The molecule has 0 spiro atoms. The molecule has 0 aliphatic carbocycles. The molecule has 0 fully saturated rings. The SMILES string of the molecule is Bc1c(B)c(B)c(-c2cccc(-c3c4ccccc4c(-c4ccc(-n5c(CC)nc6ccccc65)cc4)c4ccccc34)c2)c(B)c1B. The van der Waals surface area contributed by atoms with Crippen LogP contribution in [0.15, 0.2) is 121 Å². The van der Waals surface area contributed by atoms with Crippen molar-refractivity contribution in [3.63, 3.8) is 0 Å². The van der Waals surface area contributed by atoms with Crippen molar-refractivity contribution >= 4 is 99.1 Å². The Hall–Kier alpha value is -5.15. The highest BCUT2D eigenvalue weighted by molar-refractivity contribution is 6.68. The molecule has 7 aromatic carbocycles. The second-order valence-corrected chi connectivity index (χ2v) is 13.2. The largest absolute Gasteiger partial charge is 0.296 e. The third kappa shape index (κ3) is 4.67. The first-order chi connectivity index (χ1) is 23.4. The van der Waals surface area contributed by atoms with Crippen molar-refractivity contribution in [2.24, 2.45) is 0 Å². The smallest absolute Gasteiger partial charge is 0.139 e. The lowest BCUT2D eigenvalue weighted by molar-refractivity contribution is 0.908. The number of rotatable bonds is 5. The molecule has 224 valence electrons. The molecule has 48 heavy (non-hydrogen) atoms. The Morgan fingerprint density at radius 2 is 0.958 bits per heavy atom. The summed E-state index contributed by atoms with van der Waals surface area (Å²) in [5.74, 6) is 1.08. The molecule has 0 unspecified atom stereocenters. The van der Waals surface area contributed by atoms with Gasteiger partial charge < -0.3 is 0 Å². The van der Waals surface area contributed by atoms with Crippen LogP contribution in [0.5, 0.6) is 0 Å². The highest BCUT2D eigenvalue weighted by Crippen LogP contribution is 2.44. The fourth-order valence-corrected chi connectivity index (χ4v) is 7.89. The Bertz CT molecular complexity index is 2470. The zero-order chi connectivity index (χ0) is 33.1. The zero-order valence-electron chi connectivity index (χ0n) is 28.6. The zero-order valence-corrected chi connectivity index (χ0v) is 28.6. The van der Waals surface area contributed by atoms with E-state index in [1.807, 2.05) is 0 Å². The van der Waals surface area contributed by atoms with Gasteiger partial charge in [0.15, 0.2) is 0 Å². The number of hydrogen-bond donors (Lipinski definition) is 0. The molecule has 0 saturated carbocycles. The maximum atomic E-state index is 4.92. The lowest BCUT2D eigenvalue weighted by atomic mass is 9.59. The van der Waals surface area contributed by atoms with Crippen LogP contribution in [0.2, 0.25) is 0 Å². The molecule has 8 aromatic rings. The van der Waals surface area contributed by atoms with Crippen molar-refractivity contribution in [2.45, 2.75) is 13.3 Å². The van der Waals surface area contributed by atoms with Crippen LogP contribution in [0.25, 0.3) is 71.6 Å². The Labute approximate surface area is 287 Å². The van der Waals surface area contributed by atoms with Crippen LogP contribution >= 0.6 is 0 Å². The molecule has 0 aliphatic heterocycles. The molecule has 2 nitrogen and oxygen atoms in total. The molecule has 0 saturated heterocycles. The molecule has 0 bridgehead atoms. The summed E-state index contributed by atoms with van der Waals surface area (Å²) in [5.41, 5.74) is 17.9. The third-order valence-corrected chi connectivity index (χ3v) is 10.7. The lowest BCUT2D eigenvalue weighted by Gasteiger charge is -2.22. The number of hydrogen-bond acceptors (Lipinski definition) is 1. The topological polar surface area (TPSA) is 17.8 Å².